The predicted molar refractivity (Wildman–Crippen MR) is 85.2 cm³/mol. The minimum absolute atomic E-state index is 0.0261. The van der Waals surface area contributed by atoms with Gasteiger partial charge in [-0.05, 0) is 25.7 Å². The molecule has 1 heterocycles. The van der Waals surface area contributed by atoms with E-state index in [1.165, 1.54) is 6.92 Å². The molecule has 21 heavy (non-hydrogen) atoms. The fourth-order valence-electron chi connectivity index (χ4n) is 2.89. The van der Waals surface area contributed by atoms with Gasteiger partial charge in [0.2, 0.25) is 5.91 Å². The summed E-state index contributed by atoms with van der Waals surface area (Å²) in [6.07, 6.45) is 2.15. The van der Waals surface area contributed by atoms with Gasteiger partial charge >= 0.3 is 0 Å². The van der Waals surface area contributed by atoms with E-state index in [0.717, 1.165) is 25.9 Å². The number of piperidine rings is 1. The Bertz CT molecular complexity index is 347. The van der Waals surface area contributed by atoms with Gasteiger partial charge in [-0.2, -0.15) is 0 Å². The lowest BCUT2D eigenvalue weighted by Gasteiger charge is -2.33. The van der Waals surface area contributed by atoms with Crippen molar-refractivity contribution in [3.05, 3.63) is 0 Å². The summed E-state index contributed by atoms with van der Waals surface area (Å²) < 4.78 is 0. The van der Waals surface area contributed by atoms with Crippen LogP contribution in [-0.2, 0) is 9.59 Å². The molecule has 0 bridgehead atoms. The van der Waals surface area contributed by atoms with Gasteiger partial charge in [0.15, 0.2) is 5.78 Å². The zero-order valence-corrected chi connectivity index (χ0v) is 14.1. The molecule has 0 aliphatic carbocycles. The summed E-state index contributed by atoms with van der Waals surface area (Å²) in [5, 5.41) is 6.41. The number of carbonyl (C=O) groups excluding carboxylic acids is 2. The van der Waals surface area contributed by atoms with Crippen LogP contribution in [0.2, 0.25) is 0 Å². The van der Waals surface area contributed by atoms with Crippen LogP contribution >= 0.6 is 0 Å². The van der Waals surface area contributed by atoms with Gasteiger partial charge in [-0.25, -0.2) is 0 Å². The smallest absolute Gasteiger partial charge is 0.234 e. The second-order valence-electron chi connectivity index (χ2n) is 6.77. The third-order valence-electron chi connectivity index (χ3n) is 3.94. The van der Waals surface area contributed by atoms with E-state index in [-0.39, 0.29) is 23.7 Å². The Hall–Kier alpha value is -0.940. The van der Waals surface area contributed by atoms with Crippen LogP contribution in [0.5, 0.6) is 0 Å². The average molecular weight is 297 g/mol. The Labute approximate surface area is 128 Å². The van der Waals surface area contributed by atoms with Crippen LogP contribution in [0.4, 0.5) is 0 Å². The number of hydrogen-bond donors (Lipinski definition) is 2. The Morgan fingerprint density at radius 2 is 1.71 bits per heavy atom. The number of hydrogen-bond acceptors (Lipinski definition) is 4. The molecular weight excluding hydrogens is 266 g/mol. The molecule has 0 aromatic rings. The van der Waals surface area contributed by atoms with E-state index in [2.05, 4.69) is 29.4 Å². The van der Waals surface area contributed by atoms with E-state index in [1.54, 1.807) is 0 Å². The van der Waals surface area contributed by atoms with Crippen LogP contribution in [-0.4, -0.2) is 54.4 Å². The second-order valence-corrected chi connectivity index (χ2v) is 6.77. The van der Waals surface area contributed by atoms with Crippen LogP contribution in [0.3, 0.4) is 0 Å². The summed E-state index contributed by atoms with van der Waals surface area (Å²) in [5.74, 6) is 0.116. The van der Waals surface area contributed by atoms with Crippen molar-refractivity contribution in [3.8, 4) is 0 Å². The Balaban J connectivity index is 2.35. The van der Waals surface area contributed by atoms with E-state index < -0.39 is 0 Å². The molecule has 1 rings (SSSR count). The van der Waals surface area contributed by atoms with Gasteiger partial charge in [0.1, 0.15) is 0 Å². The Morgan fingerprint density at radius 3 is 2.14 bits per heavy atom. The van der Waals surface area contributed by atoms with Crippen molar-refractivity contribution >= 4 is 11.7 Å². The summed E-state index contributed by atoms with van der Waals surface area (Å²) in [5.41, 5.74) is 0. The first kappa shape index (κ1) is 18.1. The minimum atomic E-state index is -0.363. The van der Waals surface area contributed by atoms with E-state index in [0.29, 0.717) is 18.6 Å². The van der Waals surface area contributed by atoms with Gasteiger partial charge < -0.3 is 10.6 Å². The number of Topliss-reactive ketones (excluding diaryl/α,β-unsaturated/α-hetero) is 1. The maximum atomic E-state index is 12.1. The van der Waals surface area contributed by atoms with Crippen molar-refractivity contribution in [1.29, 1.82) is 0 Å². The fraction of sp³-hybridized carbons (Fsp3) is 0.875. The first-order valence-corrected chi connectivity index (χ1v) is 8.07. The van der Waals surface area contributed by atoms with Crippen molar-refractivity contribution in [2.45, 2.75) is 65.6 Å². The predicted octanol–water partition coefficient (Wildman–Crippen LogP) is 1.18. The molecule has 0 spiro atoms. The first-order valence-electron chi connectivity index (χ1n) is 8.07. The lowest BCUT2D eigenvalue weighted by Crippen LogP contribution is -2.50. The number of carbonyl (C=O) groups is 2. The van der Waals surface area contributed by atoms with E-state index in [4.69, 9.17) is 0 Å². The zero-order valence-electron chi connectivity index (χ0n) is 14.1. The summed E-state index contributed by atoms with van der Waals surface area (Å²) in [4.78, 5) is 25.8. The third kappa shape index (κ3) is 6.57. The van der Waals surface area contributed by atoms with Crippen molar-refractivity contribution in [1.82, 2.24) is 15.5 Å². The van der Waals surface area contributed by atoms with Gasteiger partial charge in [0, 0.05) is 25.2 Å². The zero-order chi connectivity index (χ0) is 16.0. The van der Waals surface area contributed by atoms with Crippen molar-refractivity contribution in [3.63, 3.8) is 0 Å². The molecule has 0 saturated carbocycles. The quantitative estimate of drug-likeness (QED) is 0.741. The van der Waals surface area contributed by atoms with Crippen LogP contribution < -0.4 is 10.6 Å². The summed E-state index contributed by atoms with van der Waals surface area (Å²) in [7, 11) is 0. The first-order chi connectivity index (χ1) is 9.79. The SMILES string of the molecule is CC(=O)C(NC(=O)CN1CCC(NC(C)C)CC1)C(C)C. The molecule has 122 valence electrons. The topological polar surface area (TPSA) is 61.4 Å². The number of nitrogens with one attached hydrogen (secondary N) is 2. The molecule has 1 unspecified atom stereocenters. The average Bonchev–Trinajstić information content (AvgIpc) is 2.37. The fourth-order valence-corrected chi connectivity index (χ4v) is 2.89. The lowest BCUT2D eigenvalue weighted by atomic mass is 10.0. The van der Waals surface area contributed by atoms with Gasteiger partial charge in [-0.3, -0.25) is 14.5 Å². The van der Waals surface area contributed by atoms with Crippen LogP contribution in [0.25, 0.3) is 0 Å². The molecule has 1 atom stereocenters. The van der Waals surface area contributed by atoms with Crippen LogP contribution in [0, 0.1) is 5.92 Å². The van der Waals surface area contributed by atoms with Crippen molar-refractivity contribution in [2.75, 3.05) is 19.6 Å². The van der Waals surface area contributed by atoms with Gasteiger partial charge in [-0.1, -0.05) is 27.7 Å². The van der Waals surface area contributed by atoms with E-state index >= 15 is 0 Å². The highest BCUT2D eigenvalue weighted by Gasteiger charge is 2.24. The normalized spacial score (nSPS) is 19.0. The lowest BCUT2D eigenvalue weighted by molar-refractivity contribution is -0.128. The monoisotopic (exact) mass is 297 g/mol. The van der Waals surface area contributed by atoms with Gasteiger partial charge in [-0.15, -0.1) is 0 Å². The van der Waals surface area contributed by atoms with Crippen molar-refractivity contribution in [2.24, 2.45) is 5.92 Å². The Morgan fingerprint density at radius 1 is 1.14 bits per heavy atom. The Kier molecular flexibility index (Phi) is 7.32. The number of ketones is 1. The maximum Gasteiger partial charge on any atom is 0.234 e. The summed E-state index contributed by atoms with van der Waals surface area (Å²) in [6.45, 7) is 12.0. The highest BCUT2D eigenvalue weighted by Crippen LogP contribution is 2.11. The summed E-state index contributed by atoms with van der Waals surface area (Å²) in [6, 6.07) is 0.704. The number of nitrogens with zero attached hydrogens (tertiary/aromatic N) is 1. The minimum Gasteiger partial charge on any atom is -0.345 e. The van der Waals surface area contributed by atoms with E-state index in [9.17, 15) is 9.59 Å². The standard InChI is InChI=1S/C16H31N3O2/c1-11(2)16(13(5)20)18-15(21)10-19-8-6-14(7-9-19)17-12(3)4/h11-12,14,16-17H,6-10H2,1-5H3,(H,18,21). The molecule has 2 N–H and O–H groups in total. The highest BCUT2D eigenvalue weighted by atomic mass is 16.2. The largest absolute Gasteiger partial charge is 0.345 e. The molecule has 5 nitrogen and oxygen atoms in total. The molecule has 1 aliphatic rings. The molecule has 1 saturated heterocycles. The molecule has 0 aromatic carbocycles. The maximum absolute atomic E-state index is 12.1. The highest BCUT2D eigenvalue weighted by molar-refractivity contribution is 5.88. The molecule has 1 amide bonds. The van der Waals surface area contributed by atoms with Crippen LogP contribution in [0.15, 0.2) is 0 Å². The summed E-state index contributed by atoms with van der Waals surface area (Å²) >= 11 is 0. The molecule has 0 aromatic heterocycles. The van der Waals surface area contributed by atoms with Crippen molar-refractivity contribution < 1.29 is 9.59 Å². The molecule has 5 heteroatoms. The molecule has 0 radical (unpaired) electrons. The number of rotatable bonds is 7. The molecule has 1 fully saturated rings. The van der Waals surface area contributed by atoms with Gasteiger partial charge in [0.05, 0.1) is 12.6 Å². The second kappa shape index (κ2) is 8.49. The van der Waals surface area contributed by atoms with Crippen LogP contribution in [0.1, 0.15) is 47.5 Å². The molecular formula is C16H31N3O2. The van der Waals surface area contributed by atoms with E-state index in [1.807, 2.05) is 13.8 Å². The number of amides is 1. The van der Waals surface area contributed by atoms with Gasteiger partial charge in [0.25, 0.3) is 0 Å². The third-order valence-corrected chi connectivity index (χ3v) is 3.94. The number of likely N-dealkylation sites (tertiary alicyclic amines) is 1. The molecule has 1 aliphatic heterocycles.